The van der Waals surface area contributed by atoms with Gasteiger partial charge in [0.25, 0.3) is 0 Å². The Bertz CT molecular complexity index is 675. The van der Waals surface area contributed by atoms with Crippen LogP contribution in [-0.4, -0.2) is 10.8 Å². The molecule has 1 heterocycles. The smallest absolute Gasteiger partial charge is 0.247 e. The quantitative estimate of drug-likeness (QED) is 0.382. The van der Waals surface area contributed by atoms with Crippen LogP contribution in [0, 0.1) is 0 Å². The summed E-state index contributed by atoms with van der Waals surface area (Å²) in [5.74, 6) is 0.144. The van der Waals surface area contributed by atoms with E-state index in [0.717, 1.165) is 19.3 Å². The van der Waals surface area contributed by atoms with Gasteiger partial charge in [0.1, 0.15) is 0 Å². The van der Waals surface area contributed by atoms with E-state index in [2.05, 4.69) is 66.4 Å². The van der Waals surface area contributed by atoms with E-state index in [9.17, 15) is 4.79 Å². The van der Waals surface area contributed by atoms with Crippen LogP contribution >= 0.6 is 0 Å². The van der Waals surface area contributed by atoms with Gasteiger partial charge in [0.15, 0.2) is 0 Å². The predicted octanol–water partition coefficient (Wildman–Crippen LogP) is 6.62. The number of hydrogen-bond donors (Lipinski definition) is 0. The molecule has 2 aromatic carbocycles. The van der Waals surface area contributed by atoms with Crippen LogP contribution in [0.1, 0.15) is 75.1 Å². The Morgan fingerprint density at radius 1 is 0.889 bits per heavy atom. The van der Waals surface area contributed by atoms with Crippen LogP contribution in [0.25, 0.3) is 0 Å². The minimum absolute atomic E-state index is 0.144. The SMILES string of the molecule is CCCCCC/C=C/C(=O)N1[C@H](c2ccccc2)CC[C@H]1c1ccccc1. The first-order valence-electron chi connectivity index (χ1n) is 10.4. The summed E-state index contributed by atoms with van der Waals surface area (Å²) < 4.78 is 0. The maximum absolute atomic E-state index is 13.1. The molecule has 27 heavy (non-hydrogen) atoms. The molecule has 0 radical (unpaired) electrons. The normalized spacial score (nSPS) is 19.7. The van der Waals surface area contributed by atoms with Gasteiger partial charge in [-0.05, 0) is 42.9 Å². The standard InChI is InChI=1S/C25H31NO/c1-2-3-4-5-6-13-18-25(27)26-23(21-14-9-7-10-15-21)19-20-24(26)22-16-11-8-12-17-22/h7-18,23-24H,2-6,19-20H2,1H3/b18-13+/t23-,24-/m0/s1. The zero-order chi connectivity index (χ0) is 18.9. The maximum atomic E-state index is 13.1. The number of carbonyl (C=O) groups excluding carboxylic acids is 1. The predicted molar refractivity (Wildman–Crippen MR) is 112 cm³/mol. The lowest BCUT2D eigenvalue weighted by atomic mass is 10.0. The van der Waals surface area contributed by atoms with E-state index in [-0.39, 0.29) is 18.0 Å². The Balaban J connectivity index is 1.76. The average molecular weight is 362 g/mol. The van der Waals surface area contributed by atoms with Crippen molar-refractivity contribution in [2.75, 3.05) is 0 Å². The number of amides is 1. The van der Waals surface area contributed by atoms with E-state index in [1.165, 1.54) is 36.8 Å². The molecule has 1 amide bonds. The lowest BCUT2D eigenvalue weighted by Crippen LogP contribution is -2.31. The van der Waals surface area contributed by atoms with Crippen molar-refractivity contribution in [3.8, 4) is 0 Å². The number of allylic oxidation sites excluding steroid dienone is 1. The molecule has 3 rings (SSSR count). The van der Waals surface area contributed by atoms with E-state index < -0.39 is 0 Å². The summed E-state index contributed by atoms with van der Waals surface area (Å²) in [5, 5.41) is 0. The zero-order valence-electron chi connectivity index (χ0n) is 16.4. The molecule has 0 aliphatic carbocycles. The molecule has 0 spiro atoms. The molecule has 1 saturated heterocycles. The number of hydrogen-bond acceptors (Lipinski definition) is 1. The Morgan fingerprint density at radius 2 is 1.44 bits per heavy atom. The molecular weight excluding hydrogens is 330 g/mol. The third-order valence-electron chi connectivity index (χ3n) is 5.49. The molecule has 2 heteroatoms. The number of nitrogens with zero attached hydrogens (tertiary/aromatic N) is 1. The van der Waals surface area contributed by atoms with Crippen molar-refractivity contribution in [3.05, 3.63) is 83.9 Å². The molecule has 0 bridgehead atoms. The molecule has 0 saturated carbocycles. The van der Waals surface area contributed by atoms with E-state index in [1.807, 2.05) is 18.2 Å². The van der Waals surface area contributed by atoms with Crippen molar-refractivity contribution in [2.24, 2.45) is 0 Å². The first-order chi connectivity index (χ1) is 13.3. The fraction of sp³-hybridized carbons (Fsp3) is 0.400. The summed E-state index contributed by atoms with van der Waals surface area (Å²) in [7, 11) is 0. The third kappa shape index (κ3) is 5.09. The lowest BCUT2D eigenvalue weighted by Gasteiger charge is -2.30. The maximum Gasteiger partial charge on any atom is 0.247 e. The van der Waals surface area contributed by atoms with Crippen LogP contribution in [0.2, 0.25) is 0 Å². The van der Waals surface area contributed by atoms with Gasteiger partial charge in [-0.1, -0.05) is 92.9 Å². The van der Waals surface area contributed by atoms with E-state index in [0.29, 0.717) is 0 Å². The summed E-state index contributed by atoms with van der Waals surface area (Å²) in [4.78, 5) is 15.2. The Morgan fingerprint density at radius 3 is 1.96 bits per heavy atom. The number of benzene rings is 2. The van der Waals surface area contributed by atoms with Crippen molar-refractivity contribution in [2.45, 2.75) is 64.0 Å². The van der Waals surface area contributed by atoms with Gasteiger partial charge >= 0.3 is 0 Å². The van der Waals surface area contributed by atoms with Crippen LogP contribution in [0.5, 0.6) is 0 Å². The van der Waals surface area contributed by atoms with Crippen molar-refractivity contribution in [1.29, 1.82) is 0 Å². The van der Waals surface area contributed by atoms with Crippen LogP contribution in [-0.2, 0) is 4.79 Å². The molecule has 1 aliphatic heterocycles. The van der Waals surface area contributed by atoms with Gasteiger partial charge in [-0.3, -0.25) is 4.79 Å². The summed E-state index contributed by atoms with van der Waals surface area (Å²) in [5.41, 5.74) is 2.47. The molecule has 2 aromatic rings. The Hall–Kier alpha value is -2.35. The van der Waals surface area contributed by atoms with Gasteiger partial charge in [0.2, 0.25) is 5.91 Å². The summed E-state index contributed by atoms with van der Waals surface area (Å²) in [6.07, 6.45) is 11.8. The summed E-state index contributed by atoms with van der Waals surface area (Å²) in [6.45, 7) is 2.22. The first kappa shape index (κ1) is 19.4. The van der Waals surface area contributed by atoms with Gasteiger partial charge < -0.3 is 4.90 Å². The molecule has 2 nitrogen and oxygen atoms in total. The minimum atomic E-state index is 0.144. The minimum Gasteiger partial charge on any atom is -0.325 e. The lowest BCUT2D eigenvalue weighted by molar-refractivity contribution is -0.129. The average Bonchev–Trinajstić information content (AvgIpc) is 3.17. The largest absolute Gasteiger partial charge is 0.325 e. The second-order valence-electron chi connectivity index (χ2n) is 7.43. The Kier molecular flexibility index (Phi) is 7.27. The van der Waals surface area contributed by atoms with Gasteiger partial charge in [0.05, 0.1) is 12.1 Å². The molecule has 0 aromatic heterocycles. The van der Waals surface area contributed by atoms with Crippen molar-refractivity contribution >= 4 is 5.91 Å². The topological polar surface area (TPSA) is 20.3 Å². The zero-order valence-corrected chi connectivity index (χ0v) is 16.4. The molecule has 1 fully saturated rings. The first-order valence-corrected chi connectivity index (χ1v) is 10.4. The number of unbranched alkanes of at least 4 members (excludes halogenated alkanes) is 4. The van der Waals surface area contributed by atoms with Crippen LogP contribution in [0.15, 0.2) is 72.8 Å². The highest BCUT2D eigenvalue weighted by atomic mass is 16.2. The van der Waals surface area contributed by atoms with Gasteiger partial charge in [-0.25, -0.2) is 0 Å². The highest BCUT2D eigenvalue weighted by molar-refractivity contribution is 5.88. The highest BCUT2D eigenvalue weighted by Crippen LogP contribution is 2.44. The second-order valence-corrected chi connectivity index (χ2v) is 7.43. The fourth-order valence-corrected chi connectivity index (χ4v) is 4.08. The van der Waals surface area contributed by atoms with E-state index in [1.54, 1.807) is 0 Å². The summed E-state index contributed by atoms with van der Waals surface area (Å²) >= 11 is 0. The van der Waals surface area contributed by atoms with Gasteiger partial charge in [0, 0.05) is 0 Å². The molecule has 142 valence electrons. The van der Waals surface area contributed by atoms with Crippen molar-refractivity contribution < 1.29 is 4.79 Å². The van der Waals surface area contributed by atoms with Gasteiger partial charge in [-0.2, -0.15) is 0 Å². The molecule has 0 N–H and O–H groups in total. The van der Waals surface area contributed by atoms with Crippen molar-refractivity contribution in [1.82, 2.24) is 4.90 Å². The van der Waals surface area contributed by atoms with Crippen molar-refractivity contribution in [3.63, 3.8) is 0 Å². The van der Waals surface area contributed by atoms with Crippen LogP contribution in [0.4, 0.5) is 0 Å². The Labute approximate surface area is 163 Å². The van der Waals surface area contributed by atoms with Gasteiger partial charge in [-0.15, -0.1) is 0 Å². The van der Waals surface area contributed by atoms with E-state index >= 15 is 0 Å². The molecule has 0 unspecified atom stereocenters. The van der Waals surface area contributed by atoms with Crippen LogP contribution in [0.3, 0.4) is 0 Å². The second kappa shape index (κ2) is 10.1. The summed E-state index contributed by atoms with van der Waals surface area (Å²) in [6, 6.07) is 21.2. The van der Waals surface area contributed by atoms with Crippen LogP contribution < -0.4 is 0 Å². The number of carbonyl (C=O) groups is 1. The third-order valence-corrected chi connectivity index (χ3v) is 5.49. The molecular formula is C25H31NO. The number of rotatable bonds is 8. The van der Waals surface area contributed by atoms with E-state index in [4.69, 9.17) is 0 Å². The molecule has 2 atom stereocenters. The monoisotopic (exact) mass is 361 g/mol. The fourth-order valence-electron chi connectivity index (χ4n) is 4.08. The molecule has 1 aliphatic rings. The number of likely N-dealkylation sites (tertiary alicyclic amines) is 1. The highest BCUT2D eigenvalue weighted by Gasteiger charge is 2.37.